The number of ether oxygens (including phenoxy) is 1. The van der Waals surface area contributed by atoms with Crippen LogP contribution in [0.3, 0.4) is 0 Å². The molecule has 0 aliphatic heterocycles. The molecular formula is C14H13NO3. The van der Waals surface area contributed by atoms with Crippen LogP contribution in [0, 0.1) is 0 Å². The van der Waals surface area contributed by atoms with Crippen LogP contribution < -0.4 is 0 Å². The summed E-state index contributed by atoms with van der Waals surface area (Å²) in [6.45, 7) is 2.12. The van der Waals surface area contributed by atoms with Crippen molar-refractivity contribution in [2.24, 2.45) is 0 Å². The van der Waals surface area contributed by atoms with Gasteiger partial charge in [0, 0.05) is 11.1 Å². The van der Waals surface area contributed by atoms with Crippen LogP contribution in [-0.2, 0) is 17.6 Å². The first-order chi connectivity index (χ1) is 8.81. The molecule has 0 N–H and O–H groups in total. The molecule has 0 spiro atoms. The highest BCUT2D eigenvalue weighted by Crippen LogP contribution is 2.35. The van der Waals surface area contributed by atoms with Crippen LogP contribution in [0.1, 0.15) is 28.5 Å². The van der Waals surface area contributed by atoms with Gasteiger partial charge in [-0.1, -0.05) is 29.4 Å². The van der Waals surface area contributed by atoms with Gasteiger partial charge in [0.2, 0.25) is 0 Å². The lowest BCUT2D eigenvalue weighted by atomic mass is 9.90. The van der Waals surface area contributed by atoms with Crippen molar-refractivity contribution in [1.29, 1.82) is 0 Å². The number of hydrogen-bond donors (Lipinski definition) is 0. The molecule has 1 aromatic carbocycles. The standard InChI is InChI=1S/C14H13NO3/c1-2-17-14(16)12-11-8-7-9-5-3-4-6-10(9)13(11)18-15-12/h3-6H,2,7-8H2,1H3. The van der Waals surface area contributed by atoms with E-state index in [4.69, 9.17) is 9.26 Å². The van der Waals surface area contributed by atoms with E-state index in [1.54, 1.807) is 6.92 Å². The summed E-state index contributed by atoms with van der Waals surface area (Å²) in [6, 6.07) is 8.03. The number of benzene rings is 1. The van der Waals surface area contributed by atoms with Crippen LogP contribution in [0.15, 0.2) is 28.8 Å². The number of hydrogen-bond acceptors (Lipinski definition) is 4. The summed E-state index contributed by atoms with van der Waals surface area (Å²) < 4.78 is 10.3. The molecule has 1 heterocycles. The topological polar surface area (TPSA) is 52.3 Å². The second-order valence-corrected chi connectivity index (χ2v) is 4.22. The summed E-state index contributed by atoms with van der Waals surface area (Å²) in [4.78, 5) is 11.7. The number of carbonyl (C=O) groups is 1. The Morgan fingerprint density at radius 2 is 2.22 bits per heavy atom. The van der Waals surface area contributed by atoms with Gasteiger partial charge in [-0.05, 0) is 25.3 Å². The fourth-order valence-corrected chi connectivity index (χ4v) is 2.33. The third-order valence-corrected chi connectivity index (χ3v) is 3.16. The van der Waals surface area contributed by atoms with Gasteiger partial charge >= 0.3 is 5.97 Å². The van der Waals surface area contributed by atoms with E-state index in [-0.39, 0.29) is 0 Å². The molecule has 92 valence electrons. The Bertz CT molecular complexity index is 601. The van der Waals surface area contributed by atoms with Gasteiger partial charge in [0.25, 0.3) is 0 Å². The number of carbonyl (C=O) groups excluding carboxylic acids is 1. The highest BCUT2D eigenvalue weighted by molar-refractivity contribution is 5.91. The summed E-state index contributed by atoms with van der Waals surface area (Å²) in [5, 5.41) is 3.87. The predicted molar refractivity (Wildman–Crippen MR) is 65.3 cm³/mol. The summed E-state index contributed by atoms with van der Waals surface area (Å²) in [5.74, 6) is 0.307. The molecule has 0 fully saturated rings. The second kappa shape index (κ2) is 4.29. The molecule has 1 aliphatic rings. The Balaban J connectivity index is 2.07. The smallest absolute Gasteiger partial charge is 0.360 e. The largest absolute Gasteiger partial charge is 0.461 e. The normalized spacial score (nSPS) is 12.7. The van der Waals surface area contributed by atoms with E-state index >= 15 is 0 Å². The van der Waals surface area contributed by atoms with Crippen LogP contribution >= 0.6 is 0 Å². The zero-order valence-electron chi connectivity index (χ0n) is 10.1. The molecule has 0 saturated heterocycles. The highest BCUT2D eigenvalue weighted by Gasteiger charge is 2.27. The lowest BCUT2D eigenvalue weighted by Gasteiger charge is -2.13. The van der Waals surface area contributed by atoms with Crippen LogP contribution in [0.5, 0.6) is 0 Å². The Labute approximate surface area is 105 Å². The Morgan fingerprint density at radius 1 is 1.39 bits per heavy atom. The van der Waals surface area contributed by atoms with Crippen molar-refractivity contribution in [1.82, 2.24) is 5.16 Å². The van der Waals surface area contributed by atoms with E-state index in [2.05, 4.69) is 11.2 Å². The van der Waals surface area contributed by atoms with Crippen molar-refractivity contribution in [3.63, 3.8) is 0 Å². The van der Waals surface area contributed by atoms with E-state index in [0.717, 1.165) is 24.0 Å². The number of esters is 1. The number of aromatic nitrogens is 1. The van der Waals surface area contributed by atoms with E-state index < -0.39 is 5.97 Å². The first kappa shape index (κ1) is 11.0. The Hall–Kier alpha value is -2.10. The number of nitrogens with zero attached hydrogens (tertiary/aromatic N) is 1. The number of rotatable bonds is 2. The van der Waals surface area contributed by atoms with Gasteiger partial charge in [-0.25, -0.2) is 4.79 Å². The van der Waals surface area contributed by atoms with E-state index in [9.17, 15) is 4.79 Å². The highest BCUT2D eigenvalue weighted by atomic mass is 16.5. The SMILES string of the molecule is CCOC(=O)c1noc2c1CCc1ccccc1-2. The van der Waals surface area contributed by atoms with Gasteiger partial charge in [-0.15, -0.1) is 0 Å². The fourth-order valence-electron chi connectivity index (χ4n) is 2.33. The average molecular weight is 243 g/mol. The van der Waals surface area contributed by atoms with E-state index in [0.29, 0.717) is 18.1 Å². The van der Waals surface area contributed by atoms with Crippen molar-refractivity contribution >= 4 is 5.97 Å². The van der Waals surface area contributed by atoms with Gasteiger partial charge in [0.1, 0.15) is 0 Å². The zero-order valence-corrected chi connectivity index (χ0v) is 10.1. The van der Waals surface area contributed by atoms with Crippen molar-refractivity contribution < 1.29 is 14.1 Å². The minimum Gasteiger partial charge on any atom is -0.461 e. The van der Waals surface area contributed by atoms with Crippen LogP contribution in [0.2, 0.25) is 0 Å². The van der Waals surface area contributed by atoms with Gasteiger partial charge in [-0.2, -0.15) is 0 Å². The molecule has 18 heavy (non-hydrogen) atoms. The summed E-state index contributed by atoms with van der Waals surface area (Å²) in [7, 11) is 0. The third kappa shape index (κ3) is 1.61. The van der Waals surface area contributed by atoms with Crippen LogP contribution in [0.25, 0.3) is 11.3 Å². The van der Waals surface area contributed by atoms with Gasteiger partial charge in [0.05, 0.1) is 6.61 Å². The number of fused-ring (bicyclic) bond motifs is 3. The average Bonchev–Trinajstić information content (AvgIpc) is 2.83. The molecular weight excluding hydrogens is 230 g/mol. The Kier molecular flexibility index (Phi) is 2.63. The summed E-state index contributed by atoms with van der Waals surface area (Å²) >= 11 is 0. The zero-order chi connectivity index (χ0) is 12.5. The molecule has 1 aromatic heterocycles. The lowest BCUT2D eigenvalue weighted by Crippen LogP contribution is -2.10. The molecule has 4 heteroatoms. The molecule has 0 bridgehead atoms. The van der Waals surface area contributed by atoms with Crippen molar-refractivity contribution in [3.05, 3.63) is 41.1 Å². The quantitative estimate of drug-likeness (QED) is 0.761. The third-order valence-electron chi connectivity index (χ3n) is 3.16. The minimum absolute atomic E-state index is 0.321. The molecule has 0 radical (unpaired) electrons. The Morgan fingerprint density at radius 3 is 3.06 bits per heavy atom. The minimum atomic E-state index is -0.401. The van der Waals surface area contributed by atoms with Crippen LogP contribution in [-0.4, -0.2) is 17.7 Å². The molecule has 0 saturated carbocycles. The molecule has 0 unspecified atom stereocenters. The summed E-state index contributed by atoms with van der Waals surface area (Å²) in [6.07, 6.45) is 1.67. The van der Waals surface area contributed by atoms with Gasteiger partial charge < -0.3 is 9.26 Å². The lowest BCUT2D eigenvalue weighted by molar-refractivity contribution is 0.0513. The van der Waals surface area contributed by atoms with Crippen LogP contribution in [0.4, 0.5) is 0 Å². The first-order valence-electron chi connectivity index (χ1n) is 6.05. The first-order valence-corrected chi connectivity index (χ1v) is 6.05. The van der Waals surface area contributed by atoms with Crippen molar-refractivity contribution in [2.75, 3.05) is 6.61 Å². The molecule has 0 amide bonds. The maximum Gasteiger partial charge on any atom is 0.360 e. The maximum atomic E-state index is 11.7. The molecule has 3 rings (SSSR count). The predicted octanol–water partition coefficient (Wildman–Crippen LogP) is 2.62. The van der Waals surface area contributed by atoms with E-state index in [1.165, 1.54) is 5.56 Å². The molecule has 1 aliphatic carbocycles. The molecule has 4 nitrogen and oxygen atoms in total. The number of aryl methyl sites for hydroxylation is 1. The monoisotopic (exact) mass is 243 g/mol. The van der Waals surface area contributed by atoms with Crippen molar-refractivity contribution in [2.45, 2.75) is 19.8 Å². The fraction of sp³-hybridized carbons (Fsp3) is 0.286. The van der Waals surface area contributed by atoms with E-state index in [1.807, 2.05) is 18.2 Å². The molecule has 0 atom stereocenters. The summed E-state index contributed by atoms with van der Waals surface area (Å²) in [5.41, 5.74) is 3.45. The van der Waals surface area contributed by atoms with Gasteiger partial charge in [0.15, 0.2) is 11.5 Å². The molecule has 2 aromatic rings. The second-order valence-electron chi connectivity index (χ2n) is 4.22. The maximum absolute atomic E-state index is 11.7. The van der Waals surface area contributed by atoms with Crippen molar-refractivity contribution in [3.8, 4) is 11.3 Å². The van der Waals surface area contributed by atoms with Gasteiger partial charge in [-0.3, -0.25) is 0 Å².